The normalized spacial score (nSPS) is 10.3. The van der Waals surface area contributed by atoms with Crippen LogP contribution in [0.25, 0.3) is 0 Å². The molecule has 0 unspecified atom stereocenters. The maximum Gasteiger partial charge on any atom is 0.168 e. The topological polar surface area (TPSA) is 26.3 Å². The number of rotatable bonds is 6. The van der Waals surface area contributed by atoms with Gasteiger partial charge in [0.1, 0.15) is 5.75 Å². The quantitative estimate of drug-likeness (QED) is 0.729. The first kappa shape index (κ1) is 14.6. The Morgan fingerprint density at radius 3 is 2.60 bits per heavy atom. The third-order valence-corrected chi connectivity index (χ3v) is 3.25. The summed E-state index contributed by atoms with van der Waals surface area (Å²) in [6, 6.07) is 14.9. The van der Waals surface area contributed by atoms with Crippen molar-refractivity contribution in [2.75, 3.05) is 6.61 Å². The van der Waals surface area contributed by atoms with E-state index in [1.807, 2.05) is 37.3 Å². The highest BCUT2D eigenvalue weighted by molar-refractivity contribution is 6.34. The largest absolute Gasteiger partial charge is 0.494 e. The molecule has 0 bridgehead atoms. The first-order valence-corrected chi connectivity index (χ1v) is 7.08. The first-order chi connectivity index (χ1) is 9.70. The van der Waals surface area contributed by atoms with Gasteiger partial charge in [0.05, 0.1) is 11.6 Å². The molecule has 0 aliphatic heterocycles. The number of ketones is 1. The summed E-state index contributed by atoms with van der Waals surface area (Å²) in [7, 11) is 0. The summed E-state index contributed by atoms with van der Waals surface area (Å²) in [6.45, 7) is 2.67. The van der Waals surface area contributed by atoms with Crippen LogP contribution >= 0.6 is 11.6 Å². The molecule has 0 aliphatic rings. The van der Waals surface area contributed by atoms with Gasteiger partial charge in [0.25, 0.3) is 0 Å². The molecule has 0 saturated heterocycles. The molecule has 0 atom stereocenters. The van der Waals surface area contributed by atoms with E-state index in [2.05, 4.69) is 0 Å². The molecule has 2 aromatic rings. The van der Waals surface area contributed by atoms with E-state index >= 15 is 0 Å². The lowest BCUT2D eigenvalue weighted by Crippen LogP contribution is -2.05. The van der Waals surface area contributed by atoms with Gasteiger partial charge in [-0.1, -0.05) is 48.9 Å². The Balaban J connectivity index is 2.16. The number of carbonyl (C=O) groups is 1. The number of Topliss-reactive ketones (excluding diaryl/α,β-unsaturated/α-hetero) is 1. The highest BCUT2D eigenvalue weighted by Crippen LogP contribution is 2.23. The molecule has 2 rings (SSSR count). The highest BCUT2D eigenvalue weighted by atomic mass is 35.5. The zero-order valence-electron chi connectivity index (χ0n) is 11.4. The lowest BCUT2D eigenvalue weighted by Gasteiger charge is -2.08. The van der Waals surface area contributed by atoms with Crippen LogP contribution in [0.5, 0.6) is 5.75 Å². The minimum absolute atomic E-state index is 0.00292. The van der Waals surface area contributed by atoms with Gasteiger partial charge in [-0.25, -0.2) is 0 Å². The predicted octanol–water partition coefficient (Wildman–Crippen LogP) is 4.55. The van der Waals surface area contributed by atoms with Crippen LogP contribution in [0.1, 0.15) is 29.3 Å². The Hall–Kier alpha value is -1.80. The molecular formula is C17H17ClO2. The fraction of sp³-hybridized carbons (Fsp3) is 0.235. The molecule has 104 valence electrons. The van der Waals surface area contributed by atoms with Crippen molar-refractivity contribution in [2.24, 2.45) is 0 Å². The van der Waals surface area contributed by atoms with Crippen LogP contribution in [0, 0.1) is 0 Å². The average molecular weight is 289 g/mol. The Morgan fingerprint density at radius 1 is 1.15 bits per heavy atom. The fourth-order valence-electron chi connectivity index (χ4n) is 1.90. The first-order valence-electron chi connectivity index (χ1n) is 6.70. The Kier molecular flexibility index (Phi) is 5.19. The molecule has 2 aromatic carbocycles. The maximum absolute atomic E-state index is 12.3. The van der Waals surface area contributed by atoms with Gasteiger partial charge in [0.2, 0.25) is 0 Å². The minimum Gasteiger partial charge on any atom is -0.494 e. The van der Waals surface area contributed by atoms with Gasteiger partial charge in [0.15, 0.2) is 5.78 Å². The molecule has 0 amide bonds. The third kappa shape index (κ3) is 3.84. The van der Waals surface area contributed by atoms with Crippen molar-refractivity contribution in [3.8, 4) is 5.75 Å². The second kappa shape index (κ2) is 7.11. The summed E-state index contributed by atoms with van der Waals surface area (Å²) >= 11 is 6.11. The van der Waals surface area contributed by atoms with Crippen LogP contribution in [0.3, 0.4) is 0 Å². The molecule has 0 fully saturated rings. The number of ether oxygens (including phenoxy) is 1. The molecule has 0 radical (unpaired) electrons. The van der Waals surface area contributed by atoms with Crippen molar-refractivity contribution in [2.45, 2.75) is 19.8 Å². The smallest absolute Gasteiger partial charge is 0.168 e. The molecule has 0 aliphatic carbocycles. The van der Waals surface area contributed by atoms with E-state index in [4.69, 9.17) is 16.3 Å². The molecule has 0 saturated carbocycles. The van der Waals surface area contributed by atoms with Crippen molar-refractivity contribution in [1.82, 2.24) is 0 Å². The summed E-state index contributed by atoms with van der Waals surface area (Å²) in [5.41, 5.74) is 1.50. The van der Waals surface area contributed by atoms with Gasteiger partial charge < -0.3 is 4.74 Å². The summed E-state index contributed by atoms with van der Waals surface area (Å²) in [5, 5.41) is 0.467. The van der Waals surface area contributed by atoms with Gasteiger partial charge in [-0.2, -0.15) is 0 Å². The van der Waals surface area contributed by atoms with Crippen molar-refractivity contribution >= 4 is 17.4 Å². The summed E-state index contributed by atoms with van der Waals surface area (Å²) < 4.78 is 5.54. The molecule has 0 spiro atoms. The average Bonchev–Trinajstić information content (AvgIpc) is 2.47. The molecule has 0 heterocycles. The molecular weight excluding hydrogens is 272 g/mol. The fourth-order valence-corrected chi connectivity index (χ4v) is 2.13. The molecule has 0 N–H and O–H groups in total. The van der Waals surface area contributed by atoms with E-state index in [0.717, 1.165) is 12.0 Å². The Labute approximate surface area is 124 Å². The van der Waals surface area contributed by atoms with Gasteiger partial charge in [-0.05, 0) is 30.2 Å². The van der Waals surface area contributed by atoms with Crippen molar-refractivity contribution in [3.05, 3.63) is 64.7 Å². The Morgan fingerprint density at radius 2 is 1.90 bits per heavy atom. The SMILES string of the molecule is CCCOc1ccc(Cl)c(C(=O)Cc2ccccc2)c1. The van der Waals surface area contributed by atoms with E-state index < -0.39 is 0 Å². The third-order valence-electron chi connectivity index (χ3n) is 2.92. The van der Waals surface area contributed by atoms with Crippen LogP contribution in [-0.2, 0) is 6.42 Å². The highest BCUT2D eigenvalue weighted by Gasteiger charge is 2.12. The van der Waals surface area contributed by atoms with Gasteiger partial charge in [0, 0.05) is 12.0 Å². The van der Waals surface area contributed by atoms with Gasteiger partial charge in [-0.15, -0.1) is 0 Å². The van der Waals surface area contributed by atoms with Crippen molar-refractivity contribution in [1.29, 1.82) is 0 Å². The molecule has 0 aromatic heterocycles. The van der Waals surface area contributed by atoms with E-state index in [0.29, 0.717) is 29.4 Å². The summed E-state index contributed by atoms with van der Waals surface area (Å²) in [5.74, 6) is 0.691. The molecule has 2 nitrogen and oxygen atoms in total. The Bertz CT molecular complexity index is 579. The van der Waals surface area contributed by atoms with E-state index in [1.54, 1.807) is 18.2 Å². The van der Waals surface area contributed by atoms with Crippen LogP contribution < -0.4 is 4.74 Å². The standard InChI is InChI=1S/C17H17ClO2/c1-2-10-20-14-8-9-16(18)15(12-14)17(19)11-13-6-4-3-5-7-13/h3-9,12H,2,10-11H2,1H3. The van der Waals surface area contributed by atoms with Crippen molar-refractivity contribution < 1.29 is 9.53 Å². The number of hydrogen-bond donors (Lipinski definition) is 0. The summed E-state index contributed by atoms with van der Waals surface area (Å²) in [6.07, 6.45) is 1.27. The zero-order chi connectivity index (χ0) is 14.4. The van der Waals surface area contributed by atoms with E-state index in [1.165, 1.54) is 0 Å². The lowest BCUT2D eigenvalue weighted by atomic mass is 10.0. The van der Waals surface area contributed by atoms with Gasteiger partial charge in [-0.3, -0.25) is 4.79 Å². The minimum atomic E-state index is 0.00292. The monoisotopic (exact) mass is 288 g/mol. The van der Waals surface area contributed by atoms with Crippen LogP contribution in [0.15, 0.2) is 48.5 Å². The van der Waals surface area contributed by atoms with Crippen LogP contribution in [0.4, 0.5) is 0 Å². The maximum atomic E-state index is 12.3. The van der Waals surface area contributed by atoms with Crippen molar-refractivity contribution in [3.63, 3.8) is 0 Å². The number of hydrogen-bond acceptors (Lipinski definition) is 2. The lowest BCUT2D eigenvalue weighted by molar-refractivity contribution is 0.0992. The second-order valence-electron chi connectivity index (χ2n) is 4.58. The van der Waals surface area contributed by atoms with E-state index in [-0.39, 0.29) is 5.78 Å². The van der Waals surface area contributed by atoms with Gasteiger partial charge >= 0.3 is 0 Å². The number of halogens is 1. The van der Waals surface area contributed by atoms with Crippen LogP contribution in [-0.4, -0.2) is 12.4 Å². The zero-order valence-corrected chi connectivity index (χ0v) is 12.2. The van der Waals surface area contributed by atoms with E-state index in [9.17, 15) is 4.79 Å². The number of carbonyl (C=O) groups excluding carboxylic acids is 1. The van der Waals surface area contributed by atoms with Crippen LogP contribution in [0.2, 0.25) is 5.02 Å². The molecule has 3 heteroatoms. The molecule has 20 heavy (non-hydrogen) atoms. The second-order valence-corrected chi connectivity index (χ2v) is 4.98. The predicted molar refractivity (Wildman–Crippen MR) is 81.7 cm³/mol. The number of benzene rings is 2. The summed E-state index contributed by atoms with van der Waals surface area (Å²) in [4.78, 5) is 12.3.